The van der Waals surface area contributed by atoms with Gasteiger partial charge < -0.3 is 10.6 Å². The largest absolute Gasteiger partial charge is 0.328 e. The number of rotatable bonds is 6. The summed E-state index contributed by atoms with van der Waals surface area (Å²) in [6.07, 6.45) is 0. The smallest absolute Gasteiger partial charge is 0.255 e. The summed E-state index contributed by atoms with van der Waals surface area (Å²) in [6, 6.07) is 22.1. The molecule has 5 rings (SSSR count). The van der Waals surface area contributed by atoms with Crippen LogP contribution in [0.4, 0.5) is 11.6 Å². The van der Waals surface area contributed by atoms with Gasteiger partial charge in [-0.05, 0) is 62.9 Å². The van der Waals surface area contributed by atoms with E-state index in [-0.39, 0.29) is 5.91 Å². The molecule has 1 unspecified atom stereocenters. The summed E-state index contributed by atoms with van der Waals surface area (Å²) in [5.74, 6) is 1.26. The Balaban J connectivity index is 1.48. The van der Waals surface area contributed by atoms with Crippen LogP contribution in [0.5, 0.6) is 0 Å². The number of fused-ring (bicyclic) bond motifs is 1. The van der Waals surface area contributed by atoms with E-state index in [4.69, 9.17) is 10.1 Å². The van der Waals surface area contributed by atoms with Gasteiger partial charge >= 0.3 is 0 Å². The van der Waals surface area contributed by atoms with Crippen molar-refractivity contribution in [1.82, 2.24) is 14.8 Å². The highest BCUT2D eigenvalue weighted by atomic mass is 32.2. The Hall–Kier alpha value is -3.84. The Morgan fingerprint density at radius 1 is 0.946 bits per heavy atom. The normalized spacial score (nSPS) is 14.8. The molecule has 1 atom stereocenters. The number of hydrogen-bond acceptors (Lipinski definition) is 5. The van der Waals surface area contributed by atoms with Crippen molar-refractivity contribution in [3.8, 4) is 0 Å². The number of amides is 1. The molecule has 4 aromatic rings. The molecule has 1 aromatic heterocycles. The van der Waals surface area contributed by atoms with Gasteiger partial charge in [-0.15, -0.1) is 5.10 Å². The lowest BCUT2D eigenvalue weighted by Gasteiger charge is -2.28. The molecule has 0 fully saturated rings. The van der Waals surface area contributed by atoms with Crippen molar-refractivity contribution in [1.29, 1.82) is 0 Å². The van der Waals surface area contributed by atoms with Crippen LogP contribution in [0.25, 0.3) is 0 Å². The van der Waals surface area contributed by atoms with E-state index < -0.39 is 6.04 Å². The van der Waals surface area contributed by atoms with E-state index in [1.54, 1.807) is 11.8 Å². The summed E-state index contributed by atoms with van der Waals surface area (Å²) in [4.78, 5) is 18.5. The Labute approximate surface area is 222 Å². The summed E-state index contributed by atoms with van der Waals surface area (Å²) in [5.41, 5.74) is 9.12. The maximum atomic E-state index is 13.7. The number of carbonyl (C=O) groups is 1. The van der Waals surface area contributed by atoms with Crippen LogP contribution in [0, 0.1) is 27.7 Å². The molecule has 188 valence electrons. The molecule has 3 aromatic carbocycles. The van der Waals surface area contributed by atoms with E-state index in [9.17, 15) is 4.79 Å². The second-order valence-electron chi connectivity index (χ2n) is 9.63. The maximum Gasteiger partial charge on any atom is 0.255 e. The minimum Gasteiger partial charge on any atom is -0.328 e. The van der Waals surface area contributed by atoms with E-state index in [1.807, 2.05) is 67.9 Å². The van der Waals surface area contributed by atoms with Gasteiger partial charge in [0, 0.05) is 17.1 Å². The van der Waals surface area contributed by atoms with Crippen molar-refractivity contribution >= 4 is 29.3 Å². The van der Waals surface area contributed by atoms with Gasteiger partial charge in [-0.25, -0.2) is 4.68 Å². The lowest BCUT2D eigenvalue weighted by molar-refractivity contribution is -0.113. The predicted octanol–water partition coefficient (Wildman–Crippen LogP) is 6.73. The molecule has 2 N–H and O–H groups in total. The quantitative estimate of drug-likeness (QED) is 0.282. The lowest BCUT2D eigenvalue weighted by Crippen LogP contribution is -2.31. The summed E-state index contributed by atoms with van der Waals surface area (Å²) in [5, 5.41) is 12.0. The fraction of sp³-hybridized carbons (Fsp3) is 0.233. The molecule has 0 aliphatic carbocycles. The molecule has 0 radical (unpaired) electrons. The van der Waals surface area contributed by atoms with Gasteiger partial charge in [0.15, 0.2) is 0 Å². The van der Waals surface area contributed by atoms with Crippen LogP contribution in [-0.4, -0.2) is 20.7 Å². The van der Waals surface area contributed by atoms with E-state index in [0.717, 1.165) is 33.8 Å². The molecule has 0 bridgehead atoms. The van der Waals surface area contributed by atoms with Crippen LogP contribution in [0.2, 0.25) is 0 Å². The third kappa shape index (κ3) is 5.18. The number of nitrogens with one attached hydrogen (secondary N) is 2. The number of aryl methyl sites for hydroxylation is 4. The highest BCUT2D eigenvalue weighted by Crippen LogP contribution is 2.37. The number of hydrogen-bond donors (Lipinski definition) is 2. The van der Waals surface area contributed by atoms with Gasteiger partial charge in [0.1, 0.15) is 6.04 Å². The summed E-state index contributed by atoms with van der Waals surface area (Å²) in [7, 11) is 0. The van der Waals surface area contributed by atoms with Crippen LogP contribution in [-0.2, 0) is 10.5 Å². The number of aromatic nitrogens is 3. The third-order valence-electron chi connectivity index (χ3n) is 6.68. The number of anilines is 2. The maximum absolute atomic E-state index is 13.7. The molecule has 1 aliphatic rings. The lowest BCUT2D eigenvalue weighted by atomic mass is 9.95. The average molecular weight is 510 g/mol. The van der Waals surface area contributed by atoms with Gasteiger partial charge in [0.25, 0.3) is 5.91 Å². The first kappa shape index (κ1) is 24.8. The van der Waals surface area contributed by atoms with Crippen molar-refractivity contribution in [2.24, 2.45) is 0 Å². The highest BCUT2D eigenvalue weighted by Gasteiger charge is 2.34. The standard InChI is InChI=1S/C30H31N5OS/c1-18-12-14-25(21(4)15-18)32-28(36)26-22(5)31-29-33-30(37-17-24-16-19(2)11-13-20(24)3)34-35(29)27(26)23-9-7-6-8-10-23/h6-16,27H,17H2,1-5H3,(H,32,36)(H,31,33,34). The molecular formula is C30H31N5OS. The minimum absolute atomic E-state index is 0.156. The molecule has 0 saturated carbocycles. The topological polar surface area (TPSA) is 71.8 Å². The van der Waals surface area contributed by atoms with Crippen LogP contribution in [0.3, 0.4) is 0 Å². The Morgan fingerprint density at radius 3 is 2.43 bits per heavy atom. The van der Waals surface area contributed by atoms with E-state index in [1.165, 1.54) is 16.7 Å². The molecule has 0 spiro atoms. The number of allylic oxidation sites excluding steroid dienone is 1. The highest BCUT2D eigenvalue weighted by molar-refractivity contribution is 7.98. The number of benzene rings is 3. The zero-order valence-corrected chi connectivity index (χ0v) is 22.6. The monoisotopic (exact) mass is 509 g/mol. The van der Waals surface area contributed by atoms with Crippen molar-refractivity contribution < 1.29 is 4.79 Å². The fourth-order valence-corrected chi connectivity index (χ4v) is 5.56. The van der Waals surface area contributed by atoms with Crippen molar-refractivity contribution in [2.75, 3.05) is 10.6 Å². The Bertz CT molecular complexity index is 1510. The van der Waals surface area contributed by atoms with Crippen molar-refractivity contribution in [2.45, 2.75) is 51.6 Å². The molecule has 2 heterocycles. The van der Waals surface area contributed by atoms with E-state index >= 15 is 0 Å². The Kier molecular flexibility index (Phi) is 6.89. The van der Waals surface area contributed by atoms with E-state index in [0.29, 0.717) is 16.7 Å². The van der Waals surface area contributed by atoms with Crippen LogP contribution in [0.1, 0.15) is 46.3 Å². The van der Waals surface area contributed by atoms with Gasteiger partial charge in [-0.3, -0.25) is 4.79 Å². The molecule has 1 aliphatic heterocycles. The van der Waals surface area contributed by atoms with Gasteiger partial charge in [-0.2, -0.15) is 4.98 Å². The third-order valence-corrected chi connectivity index (χ3v) is 7.57. The second-order valence-corrected chi connectivity index (χ2v) is 10.6. The first-order valence-electron chi connectivity index (χ1n) is 12.4. The van der Waals surface area contributed by atoms with Gasteiger partial charge in [-0.1, -0.05) is 83.6 Å². The molecule has 37 heavy (non-hydrogen) atoms. The molecule has 7 heteroatoms. The first-order valence-corrected chi connectivity index (χ1v) is 13.4. The number of thioether (sulfide) groups is 1. The zero-order valence-electron chi connectivity index (χ0n) is 21.8. The second kappa shape index (κ2) is 10.3. The average Bonchev–Trinajstić information content (AvgIpc) is 3.28. The Morgan fingerprint density at radius 2 is 1.68 bits per heavy atom. The van der Waals surface area contributed by atoms with Crippen LogP contribution in [0.15, 0.2) is 83.2 Å². The summed E-state index contributed by atoms with van der Waals surface area (Å²) < 4.78 is 1.84. The van der Waals surface area contributed by atoms with Gasteiger partial charge in [0.2, 0.25) is 11.1 Å². The van der Waals surface area contributed by atoms with Crippen molar-refractivity contribution in [3.63, 3.8) is 0 Å². The van der Waals surface area contributed by atoms with Crippen molar-refractivity contribution in [3.05, 3.63) is 111 Å². The predicted molar refractivity (Wildman–Crippen MR) is 151 cm³/mol. The van der Waals surface area contributed by atoms with Gasteiger partial charge in [0.05, 0.1) is 5.57 Å². The van der Waals surface area contributed by atoms with Crippen LogP contribution >= 0.6 is 11.8 Å². The molecule has 0 saturated heterocycles. The molecule has 1 amide bonds. The number of nitrogens with zero attached hydrogens (tertiary/aromatic N) is 3. The minimum atomic E-state index is -0.397. The number of carbonyl (C=O) groups excluding carboxylic acids is 1. The summed E-state index contributed by atoms with van der Waals surface area (Å²) in [6.45, 7) is 10.2. The summed E-state index contributed by atoms with van der Waals surface area (Å²) >= 11 is 1.60. The zero-order chi connectivity index (χ0) is 26.1. The SMILES string of the molecule is CC1=C(C(=O)Nc2ccc(C)cc2C)C(c2ccccc2)n2nc(SCc3cc(C)ccc3C)nc2N1. The fourth-order valence-electron chi connectivity index (χ4n) is 4.67. The van der Waals surface area contributed by atoms with Crippen LogP contribution < -0.4 is 10.6 Å². The van der Waals surface area contributed by atoms with E-state index in [2.05, 4.69) is 48.7 Å². The molecular weight excluding hydrogens is 478 g/mol. The first-order chi connectivity index (χ1) is 17.8. The molecule has 6 nitrogen and oxygen atoms in total.